The minimum Gasteiger partial charge on any atom is -0.435 e. The van der Waals surface area contributed by atoms with Gasteiger partial charge < -0.3 is 15.4 Å². The van der Waals surface area contributed by atoms with Crippen LogP contribution in [0.3, 0.4) is 0 Å². The summed E-state index contributed by atoms with van der Waals surface area (Å²) in [6.45, 7) is -1.99. The van der Waals surface area contributed by atoms with Crippen LogP contribution in [0.25, 0.3) is 0 Å². The van der Waals surface area contributed by atoms with E-state index in [1.54, 1.807) is 0 Å². The third-order valence-electron chi connectivity index (χ3n) is 2.72. The molecule has 7 heteroatoms. The Balaban J connectivity index is 0.00000180. The van der Waals surface area contributed by atoms with Gasteiger partial charge in [0.25, 0.3) is 0 Å². The topological polar surface area (TPSA) is 50.4 Å². The van der Waals surface area contributed by atoms with Gasteiger partial charge in [-0.25, -0.2) is 0 Å². The zero-order valence-electron chi connectivity index (χ0n) is 10.1. The van der Waals surface area contributed by atoms with Crippen LogP contribution in [-0.2, 0) is 4.79 Å². The van der Waals surface area contributed by atoms with E-state index in [0.717, 1.165) is 19.4 Å². The highest BCUT2D eigenvalue weighted by atomic mass is 35.5. The molecule has 1 fully saturated rings. The molecule has 106 valence electrons. The minimum atomic E-state index is -2.84. The van der Waals surface area contributed by atoms with Gasteiger partial charge in [-0.2, -0.15) is 8.78 Å². The molecular weight excluding hydrogens is 278 g/mol. The van der Waals surface area contributed by atoms with Crippen molar-refractivity contribution in [2.75, 3.05) is 11.9 Å². The molecule has 1 aliphatic heterocycles. The first-order valence-corrected chi connectivity index (χ1v) is 5.74. The van der Waals surface area contributed by atoms with Crippen molar-refractivity contribution in [1.29, 1.82) is 0 Å². The number of amides is 1. The van der Waals surface area contributed by atoms with E-state index in [4.69, 9.17) is 0 Å². The Bertz CT molecular complexity index is 409. The molecule has 0 aliphatic carbocycles. The highest BCUT2D eigenvalue weighted by Gasteiger charge is 2.21. The smallest absolute Gasteiger partial charge is 0.387 e. The SMILES string of the molecule is Cl.O=C(Nc1ccc(OC(F)F)cc1)C1CCCN1. The fraction of sp³-hybridized carbons (Fsp3) is 0.417. The van der Waals surface area contributed by atoms with E-state index in [-0.39, 0.29) is 30.1 Å². The van der Waals surface area contributed by atoms with Crippen LogP contribution in [0.5, 0.6) is 5.75 Å². The summed E-state index contributed by atoms with van der Waals surface area (Å²) in [6, 6.07) is 5.69. The number of nitrogens with one attached hydrogen (secondary N) is 2. The monoisotopic (exact) mass is 292 g/mol. The van der Waals surface area contributed by atoms with E-state index in [2.05, 4.69) is 15.4 Å². The lowest BCUT2D eigenvalue weighted by Crippen LogP contribution is -2.35. The number of anilines is 1. The van der Waals surface area contributed by atoms with E-state index >= 15 is 0 Å². The van der Waals surface area contributed by atoms with Crippen LogP contribution in [0.2, 0.25) is 0 Å². The van der Waals surface area contributed by atoms with Gasteiger partial charge in [-0.1, -0.05) is 0 Å². The second-order valence-corrected chi connectivity index (χ2v) is 4.04. The molecule has 0 aromatic heterocycles. The molecule has 1 unspecified atom stereocenters. The number of carbonyl (C=O) groups is 1. The fourth-order valence-corrected chi connectivity index (χ4v) is 1.86. The molecule has 1 atom stereocenters. The predicted octanol–water partition coefficient (Wildman–Crippen LogP) is 2.40. The molecule has 4 nitrogen and oxygen atoms in total. The highest BCUT2D eigenvalue weighted by Crippen LogP contribution is 2.18. The molecular formula is C12H15ClF2N2O2. The summed E-state index contributed by atoms with van der Waals surface area (Å²) in [7, 11) is 0. The zero-order valence-corrected chi connectivity index (χ0v) is 10.9. The van der Waals surface area contributed by atoms with E-state index in [9.17, 15) is 13.6 Å². The first kappa shape index (κ1) is 15.7. The first-order chi connectivity index (χ1) is 8.65. The molecule has 1 saturated heterocycles. The highest BCUT2D eigenvalue weighted by molar-refractivity contribution is 5.95. The van der Waals surface area contributed by atoms with Crippen molar-refractivity contribution in [1.82, 2.24) is 5.32 Å². The first-order valence-electron chi connectivity index (χ1n) is 5.74. The summed E-state index contributed by atoms with van der Waals surface area (Å²) in [6.07, 6.45) is 1.80. The maximum atomic E-state index is 11.9. The number of benzene rings is 1. The molecule has 0 bridgehead atoms. The average Bonchev–Trinajstić information content (AvgIpc) is 2.84. The van der Waals surface area contributed by atoms with E-state index in [1.807, 2.05) is 0 Å². The lowest BCUT2D eigenvalue weighted by molar-refractivity contribution is -0.117. The number of hydrogen-bond donors (Lipinski definition) is 2. The second kappa shape index (κ2) is 7.25. The van der Waals surface area contributed by atoms with Crippen molar-refractivity contribution in [2.24, 2.45) is 0 Å². The minimum absolute atomic E-state index is 0. The molecule has 1 amide bonds. The van der Waals surface area contributed by atoms with Crippen molar-refractivity contribution in [3.63, 3.8) is 0 Å². The average molecular weight is 293 g/mol. The van der Waals surface area contributed by atoms with Crippen LogP contribution in [0.4, 0.5) is 14.5 Å². The van der Waals surface area contributed by atoms with Crippen LogP contribution in [-0.4, -0.2) is 25.1 Å². The van der Waals surface area contributed by atoms with E-state index < -0.39 is 6.61 Å². The third kappa shape index (κ3) is 4.65. The quantitative estimate of drug-likeness (QED) is 0.896. The van der Waals surface area contributed by atoms with E-state index in [1.165, 1.54) is 24.3 Å². The number of carbonyl (C=O) groups excluding carboxylic acids is 1. The summed E-state index contributed by atoms with van der Waals surface area (Å²) in [4.78, 5) is 11.8. The van der Waals surface area contributed by atoms with Gasteiger partial charge in [0.1, 0.15) is 5.75 Å². The van der Waals surface area contributed by atoms with Crippen molar-refractivity contribution < 1.29 is 18.3 Å². The molecule has 2 rings (SSSR count). The van der Waals surface area contributed by atoms with Crippen LogP contribution in [0.1, 0.15) is 12.8 Å². The normalized spacial score (nSPS) is 17.9. The van der Waals surface area contributed by atoms with Crippen LogP contribution >= 0.6 is 12.4 Å². The van der Waals surface area contributed by atoms with Crippen LogP contribution < -0.4 is 15.4 Å². The predicted molar refractivity (Wildman–Crippen MR) is 70.0 cm³/mol. The number of rotatable bonds is 4. The standard InChI is InChI=1S/C12H14F2N2O2.ClH/c13-12(14)18-9-5-3-8(4-6-9)16-11(17)10-2-1-7-15-10;/h3-6,10,12,15H,1-2,7H2,(H,16,17);1H. The number of halogens is 3. The molecule has 1 aromatic carbocycles. The fourth-order valence-electron chi connectivity index (χ4n) is 1.86. The molecule has 2 N–H and O–H groups in total. The summed E-state index contributed by atoms with van der Waals surface area (Å²) < 4.78 is 28.1. The lowest BCUT2D eigenvalue weighted by atomic mass is 10.2. The van der Waals surface area contributed by atoms with Gasteiger partial charge in [0.2, 0.25) is 5.91 Å². The molecule has 19 heavy (non-hydrogen) atoms. The maximum Gasteiger partial charge on any atom is 0.387 e. The van der Waals surface area contributed by atoms with Crippen molar-refractivity contribution in [3.8, 4) is 5.75 Å². The van der Waals surface area contributed by atoms with Crippen molar-refractivity contribution in [3.05, 3.63) is 24.3 Å². The Labute approximate surface area is 115 Å². The zero-order chi connectivity index (χ0) is 13.0. The molecule has 0 spiro atoms. The lowest BCUT2D eigenvalue weighted by Gasteiger charge is -2.11. The molecule has 1 aliphatic rings. The van der Waals surface area contributed by atoms with Gasteiger partial charge in [-0.3, -0.25) is 4.79 Å². The number of alkyl halides is 2. The summed E-state index contributed by atoms with van der Waals surface area (Å²) >= 11 is 0. The van der Waals surface area contributed by atoms with Gasteiger partial charge in [0, 0.05) is 5.69 Å². The number of hydrogen-bond acceptors (Lipinski definition) is 3. The summed E-state index contributed by atoms with van der Waals surface area (Å²) in [5.74, 6) is -0.0305. The third-order valence-corrected chi connectivity index (χ3v) is 2.72. The van der Waals surface area contributed by atoms with Crippen LogP contribution in [0, 0.1) is 0 Å². The second-order valence-electron chi connectivity index (χ2n) is 4.04. The largest absolute Gasteiger partial charge is 0.435 e. The Morgan fingerprint density at radius 2 is 2.05 bits per heavy atom. The summed E-state index contributed by atoms with van der Waals surface area (Å²) in [5.41, 5.74) is 0.565. The van der Waals surface area contributed by atoms with Crippen molar-refractivity contribution >= 4 is 24.0 Å². The van der Waals surface area contributed by atoms with Gasteiger partial charge in [0.15, 0.2) is 0 Å². The molecule has 0 saturated carbocycles. The Morgan fingerprint density at radius 3 is 2.58 bits per heavy atom. The Kier molecular flexibility index (Phi) is 5.98. The molecule has 0 radical (unpaired) electrons. The Hall–Kier alpha value is -1.40. The van der Waals surface area contributed by atoms with Gasteiger partial charge in [-0.05, 0) is 43.7 Å². The molecule has 1 aromatic rings. The van der Waals surface area contributed by atoms with Gasteiger partial charge in [-0.15, -0.1) is 12.4 Å². The van der Waals surface area contributed by atoms with E-state index in [0.29, 0.717) is 5.69 Å². The van der Waals surface area contributed by atoms with Gasteiger partial charge >= 0.3 is 6.61 Å². The number of ether oxygens (including phenoxy) is 1. The molecule has 1 heterocycles. The Morgan fingerprint density at radius 1 is 1.37 bits per heavy atom. The van der Waals surface area contributed by atoms with Crippen LogP contribution in [0.15, 0.2) is 24.3 Å². The maximum absolute atomic E-state index is 11.9. The summed E-state index contributed by atoms with van der Waals surface area (Å²) in [5, 5.41) is 5.80. The van der Waals surface area contributed by atoms with Gasteiger partial charge in [0.05, 0.1) is 6.04 Å². The van der Waals surface area contributed by atoms with Crippen molar-refractivity contribution in [2.45, 2.75) is 25.5 Å².